The number of carbonyl (C=O) groups is 2. The highest BCUT2D eigenvalue weighted by molar-refractivity contribution is 9.10. The van der Waals surface area contributed by atoms with E-state index >= 15 is 0 Å². The van der Waals surface area contributed by atoms with Crippen LogP contribution in [0.1, 0.15) is 10.4 Å². The maximum atomic E-state index is 11.1. The Labute approximate surface area is 116 Å². The number of carboxylic acid groups (broad SMARTS) is 1. The third-order valence-electron chi connectivity index (χ3n) is 2.35. The van der Waals surface area contributed by atoms with E-state index in [-0.39, 0.29) is 11.7 Å². The van der Waals surface area contributed by atoms with Crippen LogP contribution in [-0.4, -0.2) is 35.6 Å². The van der Waals surface area contributed by atoms with Crippen LogP contribution in [-0.2, 0) is 4.74 Å². The van der Waals surface area contributed by atoms with Crippen molar-refractivity contribution >= 4 is 39.8 Å². The topological polar surface area (TPSA) is 75.6 Å². The number of rotatable bonds is 4. The molecule has 1 heterocycles. The first kappa shape index (κ1) is 13.2. The van der Waals surface area contributed by atoms with Crippen molar-refractivity contribution in [2.45, 2.75) is 11.0 Å². The van der Waals surface area contributed by atoms with Crippen LogP contribution in [0.4, 0.5) is 4.79 Å². The molecule has 2 N–H and O–H groups in total. The van der Waals surface area contributed by atoms with Gasteiger partial charge in [-0.3, -0.25) is 0 Å². The third-order valence-corrected chi connectivity index (χ3v) is 4.03. The van der Waals surface area contributed by atoms with Gasteiger partial charge in [0.25, 0.3) is 0 Å². The highest BCUT2D eigenvalue weighted by Gasteiger charge is 2.23. The van der Waals surface area contributed by atoms with Gasteiger partial charge in [-0.1, -0.05) is 15.9 Å². The Hall–Kier alpha value is -1.21. The summed E-state index contributed by atoms with van der Waals surface area (Å²) in [4.78, 5) is 22.6. The van der Waals surface area contributed by atoms with E-state index in [0.29, 0.717) is 17.2 Å². The Morgan fingerprint density at radius 1 is 1.61 bits per heavy atom. The maximum absolute atomic E-state index is 11.1. The van der Waals surface area contributed by atoms with E-state index in [2.05, 4.69) is 21.2 Å². The van der Waals surface area contributed by atoms with Crippen molar-refractivity contribution in [2.24, 2.45) is 0 Å². The molecule has 0 radical (unpaired) electrons. The number of alkyl carbamates (subject to hydrolysis) is 1. The van der Waals surface area contributed by atoms with Gasteiger partial charge >= 0.3 is 12.1 Å². The minimum Gasteiger partial charge on any atom is -0.478 e. The van der Waals surface area contributed by atoms with Crippen molar-refractivity contribution in [1.82, 2.24) is 5.32 Å². The van der Waals surface area contributed by atoms with E-state index in [4.69, 9.17) is 9.84 Å². The molecule has 1 aliphatic rings. The van der Waals surface area contributed by atoms with E-state index in [9.17, 15) is 9.59 Å². The zero-order valence-corrected chi connectivity index (χ0v) is 11.6. The summed E-state index contributed by atoms with van der Waals surface area (Å²) in [6, 6.07) is 4.98. The van der Waals surface area contributed by atoms with Crippen LogP contribution in [0.25, 0.3) is 0 Å². The molecule has 1 aliphatic heterocycles. The SMILES string of the molecule is O=C1NCC(CSc2cc(Br)ccc2C(=O)O)O1. The fraction of sp³-hybridized carbons (Fsp3) is 0.273. The largest absolute Gasteiger partial charge is 0.478 e. The molecule has 1 amide bonds. The van der Waals surface area contributed by atoms with Gasteiger partial charge in [-0.05, 0) is 18.2 Å². The lowest BCUT2D eigenvalue weighted by molar-refractivity contribution is 0.0693. The molecule has 0 spiro atoms. The number of hydrogen-bond acceptors (Lipinski definition) is 4. The summed E-state index contributed by atoms with van der Waals surface area (Å²) in [7, 11) is 0. The molecule has 96 valence electrons. The van der Waals surface area contributed by atoms with Gasteiger partial charge < -0.3 is 15.2 Å². The molecule has 0 aromatic heterocycles. The van der Waals surface area contributed by atoms with Crippen molar-refractivity contribution in [2.75, 3.05) is 12.3 Å². The van der Waals surface area contributed by atoms with Gasteiger partial charge in [0.05, 0.1) is 12.1 Å². The molecular weight excluding hydrogens is 322 g/mol. The molecule has 0 bridgehead atoms. The molecule has 1 saturated heterocycles. The van der Waals surface area contributed by atoms with Gasteiger partial charge in [0.2, 0.25) is 0 Å². The van der Waals surface area contributed by atoms with Crippen LogP contribution in [0.3, 0.4) is 0 Å². The minimum absolute atomic E-state index is 0.219. The fourth-order valence-corrected chi connectivity index (χ4v) is 3.08. The van der Waals surface area contributed by atoms with Gasteiger partial charge in [0.15, 0.2) is 0 Å². The van der Waals surface area contributed by atoms with Crippen molar-refractivity contribution in [3.8, 4) is 0 Å². The van der Waals surface area contributed by atoms with Crippen molar-refractivity contribution < 1.29 is 19.4 Å². The molecule has 1 atom stereocenters. The molecule has 7 heteroatoms. The first-order valence-electron chi connectivity index (χ1n) is 5.16. The van der Waals surface area contributed by atoms with Crippen molar-refractivity contribution in [3.63, 3.8) is 0 Å². The van der Waals surface area contributed by atoms with Crippen molar-refractivity contribution in [3.05, 3.63) is 28.2 Å². The summed E-state index contributed by atoms with van der Waals surface area (Å²) in [5, 5.41) is 11.6. The molecule has 18 heavy (non-hydrogen) atoms. The van der Waals surface area contributed by atoms with Crippen LogP contribution in [0.15, 0.2) is 27.6 Å². The van der Waals surface area contributed by atoms with E-state index in [1.807, 2.05) is 0 Å². The molecule has 5 nitrogen and oxygen atoms in total. The smallest absolute Gasteiger partial charge is 0.407 e. The third kappa shape index (κ3) is 3.17. The monoisotopic (exact) mass is 331 g/mol. The Morgan fingerprint density at radius 3 is 3.00 bits per heavy atom. The molecule has 1 aromatic carbocycles. The van der Waals surface area contributed by atoms with Crippen LogP contribution in [0.5, 0.6) is 0 Å². The molecule has 0 aliphatic carbocycles. The summed E-state index contributed by atoms with van der Waals surface area (Å²) >= 11 is 4.67. The molecule has 2 rings (SSSR count). The highest BCUT2D eigenvalue weighted by atomic mass is 79.9. The van der Waals surface area contributed by atoms with Crippen LogP contribution in [0, 0.1) is 0 Å². The number of aromatic carboxylic acids is 1. The number of thioether (sulfide) groups is 1. The number of cyclic esters (lactones) is 1. The lowest BCUT2D eigenvalue weighted by Gasteiger charge is -2.09. The van der Waals surface area contributed by atoms with Gasteiger partial charge in [0.1, 0.15) is 6.10 Å². The van der Waals surface area contributed by atoms with Crippen LogP contribution in [0.2, 0.25) is 0 Å². The first-order chi connectivity index (χ1) is 8.56. The van der Waals surface area contributed by atoms with Gasteiger partial charge in [0, 0.05) is 15.1 Å². The second-order valence-corrected chi connectivity index (χ2v) is 5.64. The molecule has 1 unspecified atom stereocenters. The van der Waals surface area contributed by atoms with E-state index < -0.39 is 12.1 Å². The number of hydrogen-bond donors (Lipinski definition) is 2. The number of carboxylic acids is 1. The number of halogens is 1. The Balaban J connectivity index is 2.06. The predicted octanol–water partition coefficient (Wildman–Crippen LogP) is 2.35. The predicted molar refractivity (Wildman–Crippen MR) is 70.1 cm³/mol. The van der Waals surface area contributed by atoms with Crippen LogP contribution < -0.4 is 5.32 Å². The van der Waals surface area contributed by atoms with E-state index in [1.165, 1.54) is 11.8 Å². The lowest BCUT2D eigenvalue weighted by atomic mass is 10.2. The van der Waals surface area contributed by atoms with Crippen molar-refractivity contribution in [1.29, 1.82) is 0 Å². The Kier molecular flexibility index (Phi) is 4.13. The Morgan fingerprint density at radius 2 is 2.39 bits per heavy atom. The highest BCUT2D eigenvalue weighted by Crippen LogP contribution is 2.28. The Bertz CT molecular complexity index is 494. The molecular formula is C11H10BrNO4S. The number of amides is 1. The summed E-state index contributed by atoms with van der Waals surface area (Å²) in [5.74, 6) is -0.443. The quantitative estimate of drug-likeness (QED) is 0.828. The second-order valence-electron chi connectivity index (χ2n) is 3.66. The fourth-order valence-electron chi connectivity index (χ4n) is 1.50. The molecule has 1 fully saturated rings. The van der Waals surface area contributed by atoms with Crippen LogP contribution >= 0.6 is 27.7 Å². The number of carbonyl (C=O) groups excluding carboxylic acids is 1. The van der Waals surface area contributed by atoms with Gasteiger partial charge in [-0.25, -0.2) is 9.59 Å². The summed E-state index contributed by atoms with van der Waals surface area (Å²) < 4.78 is 5.80. The lowest BCUT2D eigenvalue weighted by Crippen LogP contribution is -2.16. The van der Waals surface area contributed by atoms with Gasteiger partial charge in [-0.15, -0.1) is 11.8 Å². The summed E-state index contributed by atoms with van der Waals surface area (Å²) in [5.41, 5.74) is 0.250. The first-order valence-corrected chi connectivity index (χ1v) is 6.94. The average molecular weight is 332 g/mol. The summed E-state index contributed by atoms with van der Waals surface area (Å²) in [6.45, 7) is 0.461. The zero-order valence-electron chi connectivity index (χ0n) is 9.18. The molecule has 1 aromatic rings. The molecule has 0 saturated carbocycles. The average Bonchev–Trinajstić information content (AvgIpc) is 2.72. The number of nitrogens with one attached hydrogen (secondary N) is 1. The minimum atomic E-state index is -0.966. The number of ether oxygens (including phenoxy) is 1. The van der Waals surface area contributed by atoms with Gasteiger partial charge in [-0.2, -0.15) is 0 Å². The van der Waals surface area contributed by atoms with E-state index in [1.54, 1.807) is 18.2 Å². The second kappa shape index (κ2) is 5.62. The zero-order chi connectivity index (χ0) is 13.1. The maximum Gasteiger partial charge on any atom is 0.407 e. The standard InChI is InChI=1S/C11H10BrNO4S/c12-6-1-2-8(10(14)15)9(3-6)18-5-7-4-13-11(16)17-7/h1-3,7H,4-5H2,(H,13,16)(H,14,15). The number of benzene rings is 1. The normalized spacial score (nSPS) is 18.3. The summed E-state index contributed by atoms with van der Waals surface area (Å²) in [6.07, 6.45) is -0.642. The van der Waals surface area contributed by atoms with E-state index in [0.717, 1.165) is 4.47 Å².